The number of hydrogen-bond acceptors (Lipinski definition) is 3. The van der Waals surface area contributed by atoms with E-state index in [1.54, 1.807) is 0 Å². The number of benzene rings is 1. The van der Waals surface area contributed by atoms with Gasteiger partial charge in [-0.25, -0.2) is 0 Å². The van der Waals surface area contributed by atoms with Crippen molar-refractivity contribution in [2.45, 2.75) is 44.7 Å². The van der Waals surface area contributed by atoms with Crippen LogP contribution in [0.15, 0.2) is 36.5 Å². The van der Waals surface area contributed by atoms with Crippen LogP contribution in [0.1, 0.15) is 29.7 Å². The van der Waals surface area contributed by atoms with Crippen molar-refractivity contribution in [2.75, 3.05) is 26.2 Å². The molecule has 1 unspecified atom stereocenters. The number of hydrogen-bond donors (Lipinski definition) is 0. The van der Waals surface area contributed by atoms with E-state index in [0.717, 1.165) is 64.8 Å². The van der Waals surface area contributed by atoms with E-state index < -0.39 is 0 Å². The molecule has 1 amide bonds. The van der Waals surface area contributed by atoms with Crippen LogP contribution in [0, 0.1) is 5.92 Å². The first-order valence-electron chi connectivity index (χ1n) is 10.4. The van der Waals surface area contributed by atoms with E-state index in [-0.39, 0.29) is 5.92 Å². The summed E-state index contributed by atoms with van der Waals surface area (Å²) < 4.78 is 2.05. The molecule has 2 aliphatic heterocycles. The summed E-state index contributed by atoms with van der Waals surface area (Å²) in [5.41, 5.74) is 4.23. The first-order chi connectivity index (χ1) is 13.3. The van der Waals surface area contributed by atoms with Gasteiger partial charge in [-0.1, -0.05) is 24.3 Å². The minimum atomic E-state index is 0.136. The Hall–Kier alpha value is -2.14. The van der Waals surface area contributed by atoms with Crippen molar-refractivity contribution in [3.05, 3.63) is 53.3 Å². The highest BCUT2D eigenvalue weighted by molar-refractivity contribution is 5.79. The predicted octanol–water partition coefficient (Wildman–Crippen LogP) is 2.15. The van der Waals surface area contributed by atoms with Crippen molar-refractivity contribution in [2.24, 2.45) is 5.92 Å². The molecule has 5 nitrogen and oxygen atoms in total. The van der Waals surface area contributed by atoms with Crippen molar-refractivity contribution in [3.63, 3.8) is 0 Å². The average molecular weight is 364 g/mol. The highest BCUT2D eigenvalue weighted by atomic mass is 16.2. The van der Waals surface area contributed by atoms with Crippen molar-refractivity contribution < 1.29 is 4.79 Å². The van der Waals surface area contributed by atoms with Crippen LogP contribution >= 0.6 is 0 Å². The molecular formula is C22H28N4O. The molecule has 1 atom stereocenters. The molecule has 3 aliphatic rings. The summed E-state index contributed by atoms with van der Waals surface area (Å²) in [6.45, 7) is 4.78. The van der Waals surface area contributed by atoms with Crippen molar-refractivity contribution >= 4 is 5.91 Å². The van der Waals surface area contributed by atoms with Crippen molar-refractivity contribution in [1.82, 2.24) is 19.6 Å². The molecule has 5 heteroatoms. The molecule has 0 spiro atoms. The van der Waals surface area contributed by atoms with Gasteiger partial charge in [-0.05, 0) is 42.9 Å². The average Bonchev–Trinajstić information content (AvgIpc) is 3.27. The van der Waals surface area contributed by atoms with Gasteiger partial charge in [0.1, 0.15) is 0 Å². The Bertz CT molecular complexity index is 804. The van der Waals surface area contributed by atoms with Gasteiger partial charge in [0.05, 0.1) is 0 Å². The van der Waals surface area contributed by atoms with Crippen LogP contribution in [0.5, 0.6) is 0 Å². The first-order valence-corrected chi connectivity index (χ1v) is 10.4. The quantitative estimate of drug-likeness (QED) is 0.820. The zero-order chi connectivity index (χ0) is 18.2. The van der Waals surface area contributed by atoms with Crippen molar-refractivity contribution in [3.8, 4) is 0 Å². The van der Waals surface area contributed by atoms with E-state index in [2.05, 4.69) is 45.2 Å². The third kappa shape index (κ3) is 3.29. The summed E-state index contributed by atoms with van der Waals surface area (Å²) in [6.07, 6.45) is 7.03. The summed E-state index contributed by atoms with van der Waals surface area (Å²) in [5.74, 6) is 0.496. The topological polar surface area (TPSA) is 41.4 Å². The number of aryl methyl sites for hydroxylation is 1. The predicted molar refractivity (Wildman–Crippen MR) is 104 cm³/mol. The molecule has 1 aliphatic carbocycles. The molecule has 0 N–H and O–H groups in total. The Balaban J connectivity index is 1.20. The third-order valence-electron chi connectivity index (χ3n) is 6.69. The lowest BCUT2D eigenvalue weighted by atomic mass is 9.94. The molecule has 1 fully saturated rings. The first kappa shape index (κ1) is 17.0. The van der Waals surface area contributed by atoms with Gasteiger partial charge in [0.25, 0.3) is 0 Å². The van der Waals surface area contributed by atoms with E-state index in [1.165, 1.54) is 16.8 Å². The van der Waals surface area contributed by atoms with Crippen LogP contribution in [-0.4, -0.2) is 57.7 Å². The summed E-state index contributed by atoms with van der Waals surface area (Å²) in [4.78, 5) is 17.9. The minimum absolute atomic E-state index is 0.136. The van der Waals surface area contributed by atoms with Gasteiger partial charge in [-0.3, -0.25) is 14.4 Å². The molecular weight excluding hydrogens is 336 g/mol. The minimum Gasteiger partial charge on any atom is -0.341 e. The van der Waals surface area contributed by atoms with E-state index in [0.29, 0.717) is 11.9 Å². The summed E-state index contributed by atoms with van der Waals surface area (Å²) in [7, 11) is 0. The van der Waals surface area contributed by atoms with E-state index in [9.17, 15) is 4.79 Å². The van der Waals surface area contributed by atoms with E-state index in [4.69, 9.17) is 0 Å². The SMILES string of the molecule is O=C(C1CCn2nccc2C1)N1CCCN(C2Cc3ccccc3C2)CC1. The molecule has 0 saturated carbocycles. The Labute approximate surface area is 161 Å². The molecule has 2 aromatic rings. The van der Waals surface area contributed by atoms with Gasteiger partial charge >= 0.3 is 0 Å². The van der Waals surface area contributed by atoms with Gasteiger partial charge in [-0.2, -0.15) is 5.10 Å². The number of aromatic nitrogens is 2. The molecule has 1 aromatic carbocycles. The fraction of sp³-hybridized carbons (Fsp3) is 0.545. The number of rotatable bonds is 2. The summed E-state index contributed by atoms with van der Waals surface area (Å²) in [6, 6.07) is 11.5. The maximum absolute atomic E-state index is 13.1. The maximum Gasteiger partial charge on any atom is 0.226 e. The highest BCUT2D eigenvalue weighted by Gasteiger charge is 2.32. The molecule has 27 heavy (non-hydrogen) atoms. The lowest BCUT2D eigenvalue weighted by Gasteiger charge is -2.30. The lowest BCUT2D eigenvalue weighted by molar-refractivity contribution is -0.136. The molecule has 5 rings (SSSR count). The van der Waals surface area contributed by atoms with Crippen LogP contribution in [0.4, 0.5) is 0 Å². The number of nitrogens with zero attached hydrogens (tertiary/aromatic N) is 4. The van der Waals surface area contributed by atoms with Crippen LogP contribution in [-0.2, 0) is 30.6 Å². The molecule has 0 bridgehead atoms. The number of fused-ring (bicyclic) bond motifs is 2. The second kappa shape index (κ2) is 7.12. The van der Waals surface area contributed by atoms with Gasteiger partial charge < -0.3 is 4.90 Å². The zero-order valence-electron chi connectivity index (χ0n) is 15.9. The molecule has 0 radical (unpaired) electrons. The smallest absolute Gasteiger partial charge is 0.226 e. The summed E-state index contributed by atoms with van der Waals surface area (Å²) >= 11 is 0. The Morgan fingerprint density at radius 2 is 1.74 bits per heavy atom. The standard InChI is InChI=1S/C22H28N4O/c27-22(19-7-11-26-20(16-19)6-8-23-26)25-10-3-9-24(12-13-25)21-14-17-4-1-2-5-18(17)15-21/h1-2,4-6,8,19,21H,3,7,9-16H2. The Morgan fingerprint density at radius 1 is 0.926 bits per heavy atom. The zero-order valence-corrected chi connectivity index (χ0v) is 15.9. The van der Waals surface area contributed by atoms with Crippen LogP contribution in [0.2, 0.25) is 0 Å². The van der Waals surface area contributed by atoms with Gasteiger partial charge in [-0.15, -0.1) is 0 Å². The van der Waals surface area contributed by atoms with Gasteiger partial charge in [0.15, 0.2) is 0 Å². The fourth-order valence-corrected chi connectivity index (χ4v) is 5.15. The molecule has 1 saturated heterocycles. The largest absolute Gasteiger partial charge is 0.341 e. The maximum atomic E-state index is 13.1. The molecule has 3 heterocycles. The van der Waals surface area contributed by atoms with Crippen LogP contribution in [0.25, 0.3) is 0 Å². The Morgan fingerprint density at radius 3 is 2.56 bits per heavy atom. The lowest BCUT2D eigenvalue weighted by Crippen LogP contribution is -2.42. The number of carbonyl (C=O) groups is 1. The van der Waals surface area contributed by atoms with Crippen LogP contribution < -0.4 is 0 Å². The molecule has 142 valence electrons. The van der Waals surface area contributed by atoms with Crippen LogP contribution in [0.3, 0.4) is 0 Å². The third-order valence-corrected chi connectivity index (χ3v) is 6.69. The van der Waals surface area contributed by atoms with E-state index >= 15 is 0 Å². The molecule has 1 aromatic heterocycles. The van der Waals surface area contributed by atoms with E-state index in [1.807, 2.05) is 10.9 Å². The number of amides is 1. The van der Waals surface area contributed by atoms with Gasteiger partial charge in [0.2, 0.25) is 5.91 Å². The second-order valence-electron chi connectivity index (χ2n) is 8.28. The highest BCUT2D eigenvalue weighted by Crippen LogP contribution is 2.27. The Kier molecular flexibility index (Phi) is 4.48. The second-order valence-corrected chi connectivity index (χ2v) is 8.28. The normalized spacial score (nSPS) is 23.7. The van der Waals surface area contributed by atoms with Gasteiger partial charge in [0, 0.05) is 63.0 Å². The monoisotopic (exact) mass is 364 g/mol. The fourth-order valence-electron chi connectivity index (χ4n) is 5.15. The van der Waals surface area contributed by atoms with Crippen molar-refractivity contribution in [1.29, 1.82) is 0 Å². The number of carbonyl (C=O) groups excluding carboxylic acids is 1. The summed E-state index contributed by atoms with van der Waals surface area (Å²) in [5, 5.41) is 4.33.